The van der Waals surface area contributed by atoms with Gasteiger partial charge in [0.15, 0.2) is 0 Å². The van der Waals surface area contributed by atoms with Gasteiger partial charge in [0.2, 0.25) is 5.43 Å². The molecule has 0 atom stereocenters. The van der Waals surface area contributed by atoms with Gasteiger partial charge in [0.1, 0.15) is 6.07 Å². The highest BCUT2D eigenvalue weighted by molar-refractivity contribution is 6.08. The third kappa shape index (κ3) is 2.84. The molecule has 0 radical (unpaired) electrons. The minimum Gasteiger partial charge on any atom is -0.360 e. The zero-order chi connectivity index (χ0) is 17.1. The zero-order valence-electron chi connectivity index (χ0n) is 13.3. The predicted octanol–water partition coefficient (Wildman–Crippen LogP) is 3.39. The standard InChI is InChI=1S/C20H16N2O2/c1-2-14-5-3-4-6-15(14)9-13-7-8-18-16(10-13)20(24)17(12-22-18)19(23)11-21/h3-8,10,12H,2,9H2,1H3,(H,22,24). The Bertz CT molecular complexity index is 1030. The fourth-order valence-electron chi connectivity index (χ4n) is 2.90. The van der Waals surface area contributed by atoms with E-state index in [-0.39, 0.29) is 5.56 Å². The van der Waals surface area contributed by atoms with Crippen molar-refractivity contribution >= 4 is 16.7 Å². The maximum atomic E-state index is 12.5. The minimum absolute atomic E-state index is 0.115. The van der Waals surface area contributed by atoms with Gasteiger partial charge in [-0.25, -0.2) is 0 Å². The van der Waals surface area contributed by atoms with E-state index < -0.39 is 11.2 Å². The number of hydrogen-bond acceptors (Lipinski definition) is 3. The summed E-state index contributed by atoms with van der Waals surface area (Å²) in [6.07, 6.45) is 2.98. The number of nitrogens with one attached hydrogen (secondary N) is 1. The summed E-state index contributed by atoms with van der Waals surface area (Å²) in [5.74, 6) is -0.820. The fourth-order valence-corrected chi connectivity index (χ4v) is 2.90. The molecular weight excluding hydrogens is 300 g/mol. The summed E-state index contributed by atoms with van der Waals surface area (Å²) < 4.78 is 0. The molecule has 0 aliphatic rings. The first-order chi connectivity index (χ1) is 11.6. The Morgan fingerprint density at radius 3 is 2.62 bits per heavy atom. The number of carbonyl (C=O) groups excluding carboxylic acids is 1. The summed E-state index contributed by atoms with van der Waals surface area (Å²) in [6.45, 7) is 2.11. The van der Waals surface area contributed by atoms with Crippen LogP contribution < -0.4 is 5.43 Å². The molecule has 0 aliphatic carbocycles. The van der Waals surface area contributed by atoms with E-state index in [2.05, 4.69) is 24.0 Å². The number of nitrogens with zero attached hydrogens (tertiary/aromatic N) is 1. The second-order valence-corrected chi connectivity index (χ2v) is 5.65. The highest BCUT2D eigenvalue weighted by Crippen LogP contribution is 2.18. The summed E-state index contributed by atoms with van der Waals surface area (Å²) in [7, 11) is 0. The van der Waals surface area contributed by atoms with Crippen LogP contribution in [0, 0.1) is 11.3 Å². The van der Waals surface area contributed by atoms with Crippen LogP contribution in [-0.2, 0) is 12.8 Å². The van der Waals surface area contributed by atoms with Gasteiger partial charge in [-0.1, -0.05) is 37.3 Å². The molecular formula is C20H16N2O2. The van der Waals surface area contributed by atoms with Crippen molar-refractivity contribution in [2.75, 3.05) is 0 Å². The largest absolute Gasteiger partial charge is 0.360 e. The van der Waals surface area contributed by atoms with Crippen molar-refractivity contribution < 1.29 is 4.79 Å². The van der Waals surface area contributed by atoms with Crippen LogP contribution in [0.25, 0.3) is 10.9 Å². The van der Waals surface area contributed by atoms with Gasteiger partial charge in [-0.15, -0.1) is 0 Å². The number of fused-ring (bicyclic) bond motifs is 1. The van der Waals surface area contributed by atoms with Gasteiger partial charge in [-0.3, -0.25) is 9.59 Å². The lowest BCUT2D eigenvalue weighted by atomic mass is 9.97. The summed E-state index contributed by atoms with van der Waals surface area (Å²) in [5.41, 5.74) is 3.63. The first-order valence-corrected chi connectivity index (χ1v) is 7.79. The van der Waals surface area contributed by atoms with Crippen molar-refractivity contribution in [2.45, 2.75) is 19.8 Å². The fraction of sp³-hybridized carbons (Fsp3) is 0.150. The molecule has 1 N–H and O–H groups in total. The van der Waals surface area contributed by atoms with Crippen molar-refractivity contribution in [3.8, 4) is 6.07 Å². The molecule has 0 bridgehead atoms. The number of hydrogen-bond donors (Lipinski definition) is 1. The predicted molar refractivity (Wildman–Crippen MR) is 93.1 cm³/mol. The molecule has 0 aliphatic heterocycles. The molecule has 4 heteroatoms. The second kappa shape index (κ2) is 6.51. The Morgan fingerprint density at radius 1 is 1.17 bits per heavy atom. The van der Waals surface area contributed by atoms with Crippen molar-refractivity contribution in [3.63, 3.8) is 0 Å². The van der Waals surface area contributed by atoms with Crippen LogP contribution in [0.4, 0.5) is 0 Å². The van der Waals surface area contributed by atoms with Crippen LogP contribution in [0.1, 0.15) is 34.0 Å². The van der Waals surface area contributed by atoms with Crippen LogP contribution in [0.3, 0.4) is 0 Å². The topological polar surface area (TPSA) is 73.7 Å². The lowest BCUT2D eigenvalue weighted by Crippen LogP contribution is -2.14. The Kier molecular flexibility index (Phi) is 4.26. The highest BCUT2D eigenvalue weighted by atomic mass is 16.1. The number of carbonyl (C=O) groups is 1. The Morgan fingerprint density at radius 2 is 1.92 bits per heavy atom. The highest BCUT2D eigenvalue weighted by Gasteiger charge is 2.13. The number of Topliss-reactive ketones (excluding diaryl/α,β-unsaturated/α-hetero) is 1. The van der Waals surface area contributed by atoms with E-state index in [0.29, 0.717) is 10.9 Å². The van der Waals surface area contributed by atoms with Crippen LogP contribution in [-0.4, -0.2) is 10.8 Å². The minimum atomic E-state index is -0.820. The third-order valence-electron chi connectivity index (χ3n) is 4.19. The number of nitriles is 1. The molecule has 3 aromatic rings. The normalized spacial score (nSPS) is 10.5. The average Bonchev–Trinajstić information content (AvgIpc) is 2.62. The number of pyridine rings is 1. The Hall–Kier alpha value is -3.19. The quantitative estimate of drug-likeness (QED) is 0.592. The number of H-pyrrole nitrogens is 1. The van der Waals surface area contributed by atoms with E-state index in [1.165, 1.54) is 23.4 Å². The summed E-state index contributed by atoms with van der Waals surface area (Å²) in [5, 5.41) is 9.17. The summed E-state index contributed by atoms with van der Waals surface area (Å²) in [6, 6.07) is 15.3. The molecule has 24 heavy (non-hydrogen) atoms. The molecule has 2 aromatic carbocycles. The first-order valence-electron chi connectivity index (χ1n) is 7.79. The van der Waals surface area contributed by atoms with Gasteiger partial charge in [0.05, 0.1) is 5.56 Å². The molecule has 118 valence electrons. The molecule has 0 saturated heterocycles. The average molecular weight is 316 g/mol. The molecule has 0 fully saturated rings. The van der Waals surface area contributed by atoms with Gasteiger partial charge < -0.3 is 4.98 Å². The van der Waals surface area contributed by atoms with Crippen molar-refractivity contribution in [3.05, 3.63) is 81.1 Å². The Balaban J connectivity index is 2.08. The molecule has 0 spiro atoms. The molecule has 1 heterocycles. The van der Waals surface area contributed by atoms with Crippen LogP contribution in [0.5, 0.6) is 0 Å². The van der Waals surface area contributed by atoms with Crippen molar-refractivity contribution in [1.29, 1.82) is 5.26 Å². The van der Waals surface area contributed by atoms with Crippen LogP contribution in [0.2, 0.25) is 0 Å². The van der Waals surface area contributed by atoms with E-state index >= 15 is 0 Å². The second-order valence-electron chi connectivity index (χ2n) is 5.65. The van der Waals surface area contributed by atoms with Crippen LogP contribution >= 0.6 is 0 Å². The molecule has 0 saturated carbocycles. The number of rotatable bonds is 4. The molecule has 1 aromatic heterocycles. The van der Waals surface area contributed by atoms with E-state index in [9.17, 15) is 9.59 Å². The van der Waals surface area contributed by atoms with E-state index in [1.54, 1.807) is 6.07 Å². The van der Waals surface area contributed by atoms with Crippen LogP contribution in [0.15, 0.2) is 53.5 Å². The monoisotopic (exact) mass is 316 g/mol. The molecule has 3 rings (SSSR count). The van der Waals surface area contributed by atoms with E-state index in [0.717, 1.165) is 18.4 Å². The number of ketones is 1. The van der Waals surface area contributed by atoms with E-state index in [4.69, 9.17) is 5.26 Å². The molecule has 4 nitrogen and oxygen atoms in total. The van der Waals surface area contributed by atoms with Gasteiger partial charge in [0.25, 0.3) is 5.78 Å². The first kappa shape index (κ1) is 15.7. The lowest BCUT2D eigenvalue weighted by Gasteiger charge is -2.09. The maximum absolute atomic E-state index is 12.5. The lowest BCUT2D eigenvalue weighted by molar-refractivity contribution is 0.105. The van der Waals surface area contributed by atoms with Gasteiger partial charge in [0, 0.05) is 17.1 Å². The van der Waals surface area contributed by atoms with Crippen molar-refractivity contribution in [2.24, 2.45) is 0 Å². The summed E-state index contributed by atoms with van der Waals surface area (Å²) >= 11 is 0. The number of aryl methyl sites for hydroxylation is 1. The third-order valence-corrected chi connectivity index (χ3v) is 4.19. The Labute approximate surface area is 139 Å². The molecule has 0 unspecified atom stereocenters. The van der Waals surface area contributed by atoms with Crippen molar-refractivity contribution in [1.82, 2.24) is 4.98 Å². The SMILES string of the molecule is CCc1ccccc1Cc1ccc2[nH]cc(C(=O)C#N)c(=O)c2c1. The number of benzene rings is 2. The smallest absolute Gasteiger partial charge is 0.267 e. The number of aromatic nitrogens is 1. The zero-order valence-corrected chi connectivity index (χ0v) is 13.3. The van der Waals surface area contributed by atoms with Gasteiger partial charge in [-0.2, -0.15) is 5.26 Å². The summed E-state index contributed by atoms with van der Waals surface area (Å²) in [4.78, 5) is 26.9. The molecule has 0 amide bonds. The maximum Gasteiger partial charge on any atom is 0.267 e. The van der Waals surface area contributed by atoms with E-state index in [1.807, 2.05) is 24.3 Å². The van der Waals surface area contributed by atoms with Gasteiger partial charge >= 0.3 is 0 Å². The van der Waals surface area contributed by atoms with Gasteiger partial charge in [-0.05, 0) is 41.7 Å². The number of aromatic amines is 1.